The van der Waals surface area contributed by atoms with Crippen LogP contribution in [0.25, 0.3) is 0 Å². The van der Waals surface area contributed by atoms with Gasteiger partial charge < -0.3 is 26.8 Å². The van der Waals surface area contributed by atoms with Crippen LogP contribution in [-0.2, 0) is 14.4 Å². The first-order valence-electron chi connectivity index (χ1n) is 14.9. The van der Waals surface area contributed by atoms with Gasteiger partial charge in [0, 0.05) is 38.6 Å². The summed E-state index contributed by atoms with van der Waals surface area (Å²) in [4.78, 5) is 70.2. The Morgan fingerprint density at radius 1 is 0.927 bits per heavy atom. The van der Waals surface area contributed by atoms with Crippen LogP contribution in [0.4, 0.5) is 9.59 Å². The molecule has 1 unspecified atom stereocenters. The summed E-state index contributed by atoms with van der Waals surface area (Å²) in [6.45, 7) is 2.37. The Morgan fingerprint density at radius 3 is 2.20 bits per heavy atom. The van der Waals surface area contributed by atoms with Crippen molar-refractivity contribution in [3.8, 4) is 0 Å². The van der Waals surface area contributed by atoms with Crippen molar-refractivity contribution in [3.63, 3.8) is 0 Å². The molecule has 0 bridgehead atoms. The Hall–Kier alpha value is -3.35. The summed E-state index contributed by atoms with van der Waals surface area (Å²) in [5, 5.41) is 14.0. The third-order valence-corrected chi connectivity index (χ3v) is 9.92. The van der Waals surface area contributed by atoms with E-state index in [9.17, 15) is 29.1 Å². The van der Waals surface area contributed by atoms with Crippen LogP contribution in [0.3, 0.4) is 0 Å². The van der Waals surface area contributed by atoms with Crippen LogP contribution in [0, 0.1) is 11.8 Å². The summed E-state index contributed by atoms with van der Waals surface area (Å²) in [5.41, 5.74) is 10.4. The summed E-state index contributed by atoms with van der Waals surface area (Å²) >= 11 is 0. The molecule has 0 aromatic carbocycles. The van der Waals surface area contributed by atoms with E-state index in [2.05, 4.69) is 5.32 Å². The molecular formula is C28H43N7O6. The van der Waals surface area contributed by atoms with Gasteiger partial charge >= 0.3 is 12.1 Å². The van der Waals surface area contributed by atoms with Crippen LogP contribution in [0.15, 0.2) is 11.4 Å². The van der Waals surface area contributed by atoms with Crippen molar-refractivity contribution in [2.24, 2.45) is 23.3 Å². The average molecular weight is 574 g/mol. The molecule has 6 N–H and O–H groups in total. The SMILES string of the molecule is CN1C(=O)N(C[C@@H]2CCCC(=O)N2)[C@@](C)(CC2CCC(N3C(=O)N(CC4CCC4)C(=O)C(=C(N)N)C3O)CC2)C1=O. The molecule has 0 spiro atoms. The molecule has 3 heterocycles. The number of hydrogen-bond donors (Lipinski definition) is 4. The second kappa shape index (κ2) is 11.1. The lowest BCUT2D eigenvalue weighted by Gasteiger charge is -2.47. The highest BCUT2D eigenvalue weighted by molar-refractivity contribution is 6.08. The molecule has 7 amide bonds. The van der Waals surface area contributed by atoms with Crippen LogP contribution in [-0.4, -0.2) is 98.5 Å². The Bertz CT molecular complexity index is 1140. The van der Waals surface area contributed by atoms with Gasteiger partial charge in [-0.05, 0) is 76.5 Å². The number of piperidine rings is 1. The number of aliphatic hydroxyl groups excluding tert-OH is 1. The van der Waals surface area contributed by atoms with E-state index >= 15 is 0 Å². The third-order valence-electron chi connectivity index (χ3n) is 9.92. The number of likely N-dealkylation sites (N-methyl/N-ethyl adjacent to an activating group) is 1. The smallest absolute Gasteiger partial charge is 0.329 e. The lowest BCUT2D eigenvalue weighted by atomic mass is 9.77. The quantitative estimate of drug-likeness (QED) is 0.254. The summed E-state index contributed by atoms with van der Waals surface area (Å²) in [5.74, 6) is -0.872. The van der Waals surface area contributed by atoms with Crippen LogP contribution in [0.2, 0.25) is 0 Å². The summed E-state index contributed by atoms with van der Waals surface area (Å²) in [7, 11) is 1.49. The third kappa shape index (κ3) is 5.24. The van der Waals surface area contributed by atoms with Gasteiger partial charge in [-0.1, -0.05) is 6.42 Å². The Kier molecular flexibility index (Phi) is 7.92. The zero-order chi connectivity index (χ0) is 29.6. The number of carbonyl (C=O) groups is 5. The van der Waals surface area contributed by atoms with Gasteiger partial charge in [-0.25, -0.2) is 9.59 Å². The van der Waals surface area contributed by atoms with Crippen LogP contribution >= 0.6 is 0 Å². The first-order chi connectivity index (χ1) is 19.4. The minimum Gasteiger partial charge on any atom is -0.385 e. The van der Waals surface area contributed by atoms with Crippen LogP contribution in [0.5, 0.6) is 0 Å². The van der Waals surface area contributed by atoms with E-state index in [1.54, 1.807) is 11.8 Å². The second-order valence-corrected chi connectivity index (χ2v) is 12.7. The summed E-state index contributed by atoms with van der Waals surface area (Å²) < 4.78 is 0. The van der Waals surface area contributed by atoms with Gasteiger partial charge in [0.1, 0.15) is 16.9 Å². The van der Waals surface area contributed by atoms with E-state index < -0.39 is 23.7 Å². The molecule has 0 aromatic heterocycles. The van der Waals surface area contributed by atoms with Gasteiger partial charge in [0.05, 0.1) is 0 Å². The van der Waals surface area contributed by atoms with Gasteiger partial charge in [-0.3, -0.25) is 29.1 Å². The van der Waals surface area contributed by atoms with Crippen LogP contribution < -0.4 is 16.8 Å². The predicted molar refractivity (Wildman–Crippen MR) is 147 cm³/mol. The minimum absolute atomic E-state index is 0.0376. The van der Waals surface area contributed by atoms with Crippen molar-refractivity contribution in [1.29, 1.82) is 0 Å². The van der Waals surface area contributed by atoms with E-state index in [1.165, 1.54) is 16.8 Å². The van der Waals surface area contributed by atoms with Gasteiger partial charge in [0.15, 0.2) is 6.23 Å². The molecule has 2 aliphatic carbocycles. The molecule has 41 heavy (non-hydrogen) atoms. The molecule has 5 rings (SSSR count). The molecular weight excluding hydrogens is 530 g/mol. The molecule has 0 radical (unpaired) electrons. The number of urea groups is 2. The number of amides is 7. The first-order valence-corrected chi connectivity index (χ1v) is 14.9. The van der Waals surface area contributed by atoms with E-state index in [1.807, 2.05) is 0 Å². The highest BCUT2D eigenvalue weighted by atomic mass is 16.3. The molecule has 3 saturated heterocycles. The molecule has 0 aromatic rings. The monoisotopic (exact) mass is 573 g/mol. The lowest BCUT2D eigenvalue weighted by molar-refractivity contribution is -0.133. The number of nitrogens with two attached hydrogens (primary N) is 2. The van der Waals surface area contributed by atoms with Crippen molar-refractivity contribution < 1.29 is 29.1 Å². The molecule has 2 saturated carbocycles. The number of nitrogens with one attached hydrogen (secondary N) is 1. The maximum absolute atomic E-state index is 13.5. The number of carbonyl (C=O) groups excluding carboxylic acids is 5. The van der Waals surface area contributed by atoms with Crippen molar-refractivity contribution in [2.45, 2.75) is 101 Å². The Balaban J connectivity index is 1.27. The van der Waals surface area contributed by atoms with Gasteiger partial charge in [0.25, 0.3) is 11.8 Å². The lowest BCUT2D eigenvalue weighted by Crippen LogP contribution is -2.63. The fourth-order valence-electron chi connectivity index (χ4n) is 7.31. The maximum atomic E-state index is 13.5. The molecule has 13 heteroatoms. The molecule has 13 nitrogen and oxygen atoms in total. The number of hydrogen-bond acceptors (Lipinski definition) is 8. The zero-order valence-electron chi connectivity index (χ0n) is 24.0. The molecule has 5 fully saturated rings. The van der Waals surface area contributed by atoms with Crippen LogP contribution in [0.1, 0.15) is 77.6 Å². The van der Waals surface area contributed by atoms with E-state index in [4.69, 9.17) is 11.5 Å². The molecule has 3 aliphatic heterocycles. The molecule has 226 valence electrons. The highest BCUT2D eigenvalue weighted by Gasteiger charge is 2.54. The molecule has 5 aliphatic rings. The minimum atomic E-state index is -1.51. The van der Waals surface area contributed by atoms with E-state index in [0.717, 1.165) is 37.0 Å². The molecule has 3 atom stereocenters. The normalized spacial score (nSPS) is 33.4. The van der Waals surface area contributed by atoms with E-state index in [0.29, 0.717) is 38.5 Å². The average Bonchev–Trinajstić information content (AvgIpc) is 3.04. The van der Waals surface area contributed by atoms with Crippen molar-refractivity contribution >= 4 is 29.8 Å². The summed E-state index contributed by atoms with van der Waals surface area (Å²) in [6, 6.07) is -1.40. The highest BCUT2D eigenvalue weighted by Crippen LogP contribution is 2.41. The predicted octanol–water partition coefficient (Wildman–Crippen LogP) is 0.768. The van der Waals surface area contributed by atoms with Crippen molar-refractivity contribution in [1.82, 2.24) is 24.9 Å². The Labute approximate surface area is 240 Å². The van der Waals surface area contributed by atoms with Gasteiger partial charge in [-0.15, -0.1) is 0 Å². The zero-order valence-corrected chi connectivity index (χ0v) is 24.0. The fourth-order valence-corrected chi connectivity index (χ4v) is 7.31. The number of aliphatic hydroxyl groups is 1. The maximum Gasteiger partial charge on any atom is 0.329 e. The Morgan fingerprint density at radius 2 is 1.61 bits per heavy atom. The fraction of sp³-hybridized carbons (Fsp3) is 0.750. The largest absolute Gasteiger partial charge is 0.385 e. The van der Waals surface area contributed by atoms with Gasteiger partial charge in [-0.2, -0.15) is 0 Å². The van der Waals surface area contributed by atoms with Gasteiger partial charge in [0.2, 0.25) is 5.91 Å². The number of imide groups is 2. The first kappa shape index (κ1) is 29.2. The van der Waals surface area contributed by atoms with Crippen molar-refractivity contribution in [3.05, 3.63) is 11.4 Å². The van der Waals surface area contributed by atoms with E-state index in [-0.39, 0.29) is 66.2 Å². The van der Waals surface area contributed by atoms with Crippen molar-refractivity contribution in [2.75, 3.05) is 20.1 Å². The second-order valence-electron chi connectivity index (χ2n) is 12.7. The topological polar surface area (TPSA) is 183 Å². The standard InChI is InChI=1S/C28H43N7O6/c1-28(25(39)32(2)26(40)34(28)15-18-7-4-8-20(36)31-18)13-16-9-11-19(12-10-16)35-24(38)21(22(29)30)23(37)33(27(35)41)14-17-5-3-6-17/h16-19,24,38H,3-15,29-30H2,1-2H3,(H,31,36)/t16?,18-,19?,24?,28-/m0/s1. The number of nitrogens with zero attached hydrogens (tertiary/aromatic N) is 4. The summed E-state index contributed by atoms with van der Waals surface area (Å²) in [6.07, 6.45) is 6.33. The number of rotatable bonds is 7.